The molecule has 0 spiro atoms. The molecule has 13 heteroatoms. The zero-order chi connectivity index (χ0) is 31.5. The standard InChI is InChI=1S/C31H40ClN7O4Si/c1-21(40)37-31(2,3)29-33-18-24(19-34-29)43-30-35-26-17-25(32)27(36-28(26)39(30)20-42-15-16-44(4,5)6)22-7-9-23(10-8-22)38-11-13-41-14-12-38/h7-10,17-19H,11-16,20H2,1-6H3,(H,37,40). The lowest BCUT2D eigenvalue weighted by Crippen LogP contribution is -2.41. The topological polar surface area (TPSA) is 117 Å². The number of carbonyl (C=O) groups excluding carboxylic acids is 1. The molecule has 1 aromatic carbocycles. The van der Waals surface area contributed by atoms with Gasteiger partial charge in [-0.15, -0.1) is 0 Å². The molecule has 3 aromatic heterocycles. The van der Waals surface area contributed by atoms with Crippen LogP contribution in [0.1, 0.15) is 26.6 Å². The highest BCUT2D eigenvalue weighted by Gasteiger charge is 2.25. The summed E-state index contributed by atoms with van der Waals surface area (Å²) in [7, 11) is -1.28. The molecule has 1 N–H and O–H groups in total. The first-order valence-electron chi connectivity index (χ1n) is 14.8. The fourth-order valence-electron chi connectivity index (χ4n) is 4.88. The Morgan fingerprint density at radius 3 is 2.41 bits per heavy atom. The Bertz CT molecular complexity index is 1600. The largest absolute Gasteiger partial charge is 0.422 e. The van der Waals surface area contributed by atoms with Crippen LogP contribution >= 0.6 is 11.6 Å². The second kappa shape index (κ2) is 13.2. The van der Waals surface area contributed by atoms with Gasteiger partial charge in [0.25, 0.3) is 0 Å². The SMILES string of the molecule is CC(=O)NC(C)(C)c1ncc(Oc2nc3cc(Cl)c(-c4ccc(N5CCOCC5)cc4)nc3n2COCC[Si](C)(C)C)cn1. The van der Waals surface area contributed by atoms with Crippen molar-refractivity contribution in [2.75, 3.05) is 37.8 Å². The van der Waals surface area contributed by atoms with Crippen LogP contribution in [0.5, 0.6) is 11.8 Å². The molecule has 1 aliphatic heterocycles. The number of nitrogens with zero attached hydrogens (tertiary/aromatic N) is 6. The van der Waals surface area contributed by atoms with E-state index in [-0.39, 0.29) is 18.6 Å². The number of hydrogen-bond donors (Lipinski definition) is 1. The molecule has 4 aromatic rings. The first-order chi connectivity index (χ1) is 20.9. The Morgan fingerprint density at radius 2 is 1.77 bits per heavy atom. The molecule has 0 saturated carbocycles. The van der Waals surface area contributed by atoms with Crippen LogP contribution in [0.15, 0.2) is 42.7 Å². The van der Waals surface area contributed by atoms with Crippen LogP contribution in [0.25, 0.3) is 22.4 Å². The molecule has 1 aliphatic rings. The van der Waals surface area contributed by atoms with Crippen LogP contribution in [0.3, 0.4) is 0 Å². The number of carbonyl (C=O) groups is 1. The molecule has 5 rings (SSSR count). The van der Waals surface area contributed by atoms with E-state index in [1.165, 1.54) is 6.92 Å². The number of aromatic nitrogens is 5. The summed E-state index contributed by atoms with van der Waals surface area (Å²) in [5.41, 5.74) is 3.12. The van der Waals surface area contributed by atoms with E-state index in [9.17, 15) is 4.79 Å². The first kappa shape index (κ1) is 31.8. The summed E-state index contributed by atoms with van der Waals surface area (Å²) >= 11 is 6.76. The van der Waals surface area contributed by atoms with Crippen LogP contribution in [0, 0.1) is 0 Å². The van der Waals surface area contributed by atoms with E-state index >= 15 is 0 Å². The molecule has 0 unspecified atom stereocenters. The van der Waals surface area contributed by atoms with E-state index in [4.69, 9.17) is 35.8 Å². The Kier molecular flexibility index (Phi) is 9.54. The highest BCUT2D eigenvalue weighted by atomic mass is 35.5. The second-order valence-electron chi connectivity index (χ2n) is 12.6. The summed E-state index contributed by atoms with van der Waals surface area (Å²) in [6.45, 7) is 16.1. The molecular formula is C31H40ClN7O4Si. The minimum atomic E-state index is -1.28. The van der Waals surface area contributed by atoms with Crippen molar-refractivity contribution in [1.29, 1.82) is 0 Å². The van der Waals surface area contributed by atoms with Crippen LogP contribution in [0.4, 0.5) is 5.69 Å². The van der Waals surface area contributed by atoms with Crippen LogP contribution in [-0.2, 0) is 26.5 Å². The molecule has 0 aliphatic carbocycles. The number of hydrogen-bond acceptors (Lipinski definition) is 9. The van der Waals surface area contributed by atoms with Gasteiger partial charge in [0.15, 0.2) is 17.2 Å². The Morgan fingerprint density at radius 1 is 1.09 bits per heavy atom. The fourth-order valence-corrected chi connectivity index (χ4v) is 5.89. The van der Waals surface area contributed by atoms with Crippen molar-refractivity contribution < 1.29 is 19.0 Å². The first-order valence-corrected chi connectivity index (χ1v) is 18.8. The van der Waals surface area contributed by atoms with E-state index in [1.807, 2.05) is 26.0 Å². The number of benzene rings is 1. The van der Waals surface area contributed by atoms with Crippen LogP contribution < -0.4 is 15.0 Å². The molecule has 11 nitrogen and oxygen atoms in total. The van der Waals surface area contributed by atoms with Gasteiger partial charge < -0.3 is 24.4 Å². The van der Waals surface area contributed by atoms with Gasteiger partial charge >= 0.3 is 6.01 Å². The smallest absolute Gasteiger partial charge is 0.306 e. The fraction of sp³-hybridized carbons (Fsp3) is 0.452. The van der Waals surface area contributed by atoms with Crippen molar-refractivity contribution in [3.63, 3.8) is 0 Å². The van der Waals surface area contributed by atoms with Crippen molar-refractivity contribution >= 4 is 42.4 Å². The number of nitrogens with one attached hydrogen (secondary N) is 1. The lowest BCUT2D eigenvalue weighted by molar-refractivity contribution is -0.120. The van der Waals surface area contributed by atoms with Gasteiger partial charge in [-0.2, -0.15) is 4.98 Å². The summed E-state index contributed by atoms with van der Waals surface area (Å²) in [5, 5.41) is 3.34. The van der Waals surface area contributed by atoms with Gasteiger partial charge in [-0.1, -0.05) is 43.4 Å². The maximum Gasteiger partial charge on any atom is 0.306 e. The quantitative estimate of drug-likeness (QED) is 0.160. The summed E-state index contributed by atoms with van der Waals surface area (Å²) in [4.78, 5) is 32.5. The summed E-state index contributed by atoms with van der Waals surface area (Å²) in [5.74, 6) is 0.678. The molecule has 4 heterocycles. The monoisotopic (exact) mass is 637 g/mol. The van der Waals surface area contributed by atoms with Gasteiger partial charge in [-0.25, -0.2) is 15.0 Å². The predicted molar refractivity (Wildman–Crippen MR) is 174 cm³/mol. The maximum atomic E-state index is 11.6. The third-order valence-corrected chi connectivity index (χ3v) is 9.25. The van der Waals surface area contributed by atoms with Crippen molar-refractivity contribution in [3.8, 4) is 23.0 Å². The normalized spacial score (nSPS) is 14.2. The number of morpholine rings is 1. The van der Waals surface area contributed by atoms with Gasteiger partial charge in [-0.3, -0.25) is 9.36 Å². The van der Waals surface area contributed by atoms with Crippen molar-refractivity contribution in [2.45, 2.75) is 58.7 Å². The van der Waals surface area contributed by atoms with Gasteiger partial charge in [0.2, 0.25) is 5.91 Å². The number of pyridine rings is 1. The van der Waals surface area contributed by atoms with Gasteiger partial charge in [0.1, 0.15) is 12.2 Å². The number of imidazole rings is 1. The number of halogens is 1. The number of amides is 1. The van der Waals surface area contributed by atoms with Crippen LogP contribution in [0.2, 0.25) is 30.7 Å². The van der Waals surface area contributed by atoms with E-state index in [2.05, 4.69) is 52.0 Å². The molecule has 0 radical (unpaired) electrons. The molecule has 1 saturated heterocycles. The zero-order valence-electron chi connectivity index (χ0n) is 26.2. The van der Waals surface area contributed by atoms with Crippen molar-refractivity contribution in [2.24, 2.45) is 0 Å². The Labute approximate surface area is 263 Å². The van der Waals surface area contributed by atoms with E-state index in [1.54, 1.807) is 23.0 Å². The summed E-state index contributed by atoms with van der Waals surface area (Å²) in [6, 6.07) is 11.4. The predicted octanol–water partition coefficient (Wildman–Crippen LogP) is 5.85. The van der Waals surface area contributed by atoms with E-state index in [0.717, 1.165) is 43.6 Å². The number of ether oxygens (including phenoxy) is 3. The highest BCUT2D eigenvalue weighted by Crippen LogP contribution is 2.33. The molecular weight excluding hydrogens is 598 g/mol. The average Bonchev–Trinajstić information content (AvgIpc) is 3.29. The molecule has 1 amide bonds. The lowest BCUT2D eigenvalue weighted by atomic mass is 10.0. The molecule has 0 atom stereocenters. The lowest BCUT2D eigenvalue weighted by Gasteiger charge is -2.28. The van der Waals surface area contributed by atoms with Crippen molar-refractivity contribution in [3.05, 3.63) is 53.6 Å². The average molecular weight is 638 g/mol. The minimum absolute atomic E-state index is 0.166. The third-order valence-electron chi connectivity index (χ3n) is 7.26. The third kappa shape index (κ3) is 7.73. The number of rotatable bonds is 11. The number of anilines is 1. The minimum Gasteiger partial charge on any atom is -0.422 e. The zero-order valence-corrected chi connectivity index (χ0v) is 27.9. The van der Waals surface area contributed by atoms with Gasteiger partial charge in [-0.05, 0) is 38.1 Å². The maximum absolute atomic E-state index is 11.6. The van der Waals surface area contributed by atoms with Crippen molar-refractivity contribution in [1.82, 2.24) is 29.8 Å². The second-order valence-corrected chi connectivity index (χ2v) is 18.7. The Balaban J connectivity index is 1.45. The number of fused-ring (bicyclic) bond motifs is 1. The molecule has 44 heavy (non-hydrogen) atoms. The van der Waals surface area contributed by atoms with E-state index < -0.39 is 13.6 Å². The molecule has 234 valence electrons. The molecule has 1 fully saturated rings. The van der Waals surface area contributed by atoms with E-state index in [0.29, 0.717) is 40.1 Å². The van der Waals surface area contributed by atoms with Crippen LogP contribution in [-0.4, -0.2) is 71.4 Å². The Hall–Kier alpha value is -3.58. The highest BCUT2D eigenvalue weighted by molar-refractivity contribution is 6.76. The van der Waals surface area contributed by atoms with Gasteiger partial charge in [0.05, 0.1) is 41.9 Å². The molecule has 0 bridgehead atoms. The van der Waals surface area contributed by atoms with Gasteiger partial charge in [0, 0.05) is 45.9 Å². The summed E-state index contributed by atoms with van der Waals surface area (Å²) < 4.78 is 19.6. The summed E-state index contributed by atoms with van der Waals surface area (Å²) in [6.07, 6.45) is 3.12.